The number of aryl methyl sites for hydroxylation is 1. The molecule has 1 fully saturated rings. The number of aromatic nitrogens is 3. The zero-order valence-corrected chi connectivity index (χ0v) is 12.3. The molecule has 1 unspecified atom stereocenters. The molecule has 0 amide bonds. The second kappa shape index (κ2) is 5.79. The third kappa shape index (κ3) is 2.93. The van der Waals surface area contributed by atoms with Gasteiger partial charge in [0, 0.05) is 19.3 Å². The van der Waals surface area contributed by atoms with Gasteiger partial charge in [-0.3, -0.25) is 0 Å². The van der Waals surface area contributed by atoms with Gasteiger partial charge in [-0.1, -0.05) is 13.0 Å². The van der Waals surface area contributed by atoms with Gasteiger partial charge in [-0.05, 0) is 50.4 Å². The van der Waals surface area contributed by atoms with Crippen molar-refractivity contribution in [2.75, 3.05) is 31.5 Å². The summed E-state index contributed by atoms with van der Waals surface area (Å²) < 4.78 is 1.84. The number of hydrogen-bond donors (Lipinski definition) is 1. The first-order valence-electron chi connectivity index (χ1n) is 7.50. The third-order valence-corrected chi connectivity index (χ3v) is 3.93. The summed E-state index contributed by atoms with van der Waals surface area (Å²) in [7, 11) is 0. The topological polar surface area (TPSA) is 45.5 Å². The standard InChI is InChI=1S/C15H23N5/c1-12(11-19-7-3-4-8-19)10-16-15-17-14-13(2)6-5-9-20(14)18-15/h5-6,9,12H,3-4,7-8,10-11H2,1-2H3,(H,16,18). The molecule has 20 heavy (non-hydrogen) atoms. The summed E-state index contributed by atoms with van der Waals surface area (Å²) in [6.07, 6.45) is 4.65. The Labute approximate surface area is 120 Å². The number of nitrogens with zero attached hydrogens (tertiary/aromatic N) is 4. The van der Waals surface area contributed by atoms with Gasteiger partial charge in [0.05, 0.1) is 0 Å². The molecule has 0 radical (unpaired) electrons. The molecule has 0 saturated carbocycles. The fraction of sp³-hybridized carbons (Fsp3) is 0.600. The van der Waals surface area contributed by atoms with Crippen LogP contribution in [0.2, 0.25) is 0 Å². The lowest BCUT2D eigenvalue weighted by Gasteiger charge is -2.20. The van der Waals surface area contributed by atoms with E-state index in [1.807, 2.05) is 16.8 Å². The highest BCUT2D eigenvalue weighted by atomic mass is 15.3. The van der Waals surface area contributed by atoms with Gasteiger partial charge in [-0.25, -0.2) is 4.52 Å². The summed E-state index contributed by atoms with van der Waals surface area (Å²) in [5, 5.41) is 7.82. The van der Waals surface area contributed by atoms with Crippen molar-refractivity contribution in [1.29, 1.82) is 0 Å². The highest BCUT2D eigenvalue weighted by Crippen LogP contribution is 2.12. The van der Waals surface area contributed by atoms with E-state index in [-0.39, 0.29) is 0 Å². The Hall–Kier alpha value is -1.62. The van der Waals surface area contributed by atoms with Crippen molar-refractivity contribution in [3.8, 4) is 0 Å². The van der Waals surface area contributed by atoms with Crippen LogP contribution in [0.5, 0.6) is 0 Å². The fourth-order valence-electron chi connectivity index (χ4n) is 2.85. The van der Waals surface area contributed by atoms with Gasteiger partial charge in [-0.15, -0.1) is 5.10 Å². The first-order chi connectivity index (χ1) is 9.72. The molecule has 0 bridgehead atoms. The van der Waals surface area contributed by atoms with Crippen LogP contribution in [-0.4, -0.2) is 45.7 Å². The van der Waals surface area contributed by atoms with Gasteiger partial charge in [0.15, 0.2) is 5.65 Å². The van der Waals surface area contributed by atoms with E-state index in [4.69, 9.17) is 0 Å². The second-order valence-corrected chi connectivity index (χ2v) is 5.89. The highest BCUT2D eigenvalue weighted by molar-refractivity contribution is 5.49. The monoisotopic (exact) mass is 273 g/mol. The number of hydrogen-bond acceptors (Lipinski definition) is 4. The highest BCUT2D eigenvalue weighted by Gasteiger charge is 2.15. The molecule has 0 aromatic carbocycles. The van der Waals surface area contributed by atoms with Crippen molar-refractivity contribution < 1.29 is 0 Å². The van der Waals surface area contributed by atoms with Gasteiger partial charge in [0.2, 0.25) is 5.95 Å². The summed E-state index contributed by atoms with van der Waals surface area (Å²) in [5.41, 5.74) is 2.08. The molecule has 1 aliphatic rings. The van der Waals surface area contributed by atoms with Gasteiger partial charge in [0.1, 0.15) is 0 Å². The lowest BCUT2D eigenvalue weighted by Crippen LogP contribution is -2.29. The maximum absolute atomic E-state index is 4.54. The van der Waals surface area contributed by atoms with Gasteiger partial charge < -0.3 is 10.2 Å². The van der Waals surface area contributed by atoms with Crippen LogP contribution in [-0.2, 0) is 0 Å². The minimum atomic E-state index is 0.612. The van der Waals surface area contributed by atoms with Crippen molar-refractivity contribution >= 4 is 11.6 Å². The summed E-state index contributed by atoms with van der Waals surface area (Å²) in [5.74, 6) is 1.34. The van der Waals surface area contributed by atoms with Gasteiger partial charge in [-0.2, -0.15) is 4.98 Å². The molecule has 1 saturated heterocycles. The normalized spacial score (nSPS) is 17.7. The van der Waals surface area contributed by atoms with Crippen LogP contribution in [0.25, 0.3) is 5.65 Å². The molecule has 108 valence electrons. The molecule has 5 nitrogen and oxygen atoms in total. The number of nitrogens with one attached hydrogen (secondary N) is 1. The van der Waals surface area contributed by atoms with E-state index < -0.39 is 0 Å². The molecular weight excluding hydrogens is 250 g/mol. The molecule has 1 N–H and O–H groups in total. The SMILES string of the molecule is Cc1cccn2nc(NCC(C)CN3CCCC3)nc12. The van der Waals surface area contributed by atoms with Crippen LogP contribution in [0, 0.1) is 12.8 Å². The molecule has 2 aromatic heterocycles. The predicted molar refractivity (Wildman–Crippen MR) is 81.1 cm³/mol. The molecule has 1 aliphatic heterocycles. The number of pyridine rings is 1. The Balaban J connectivity index is 1.57. The van der Waals surface area contributed by atoms with E-state index >= 15 is 0 Å². The van der Waals surface area contributed by atoms with E-state index in [0.717, 1.165) is 23.7 Å². The van der Waals surface area contributed by atoms with Gasteiger partial charge >= 0.3 is 0 Å². The Morgan fingerprint density at radius 1 is 1.35 bits per heavy atom. The number of fused-ring (bicyclic) bond motifs is 1. The third-order valence-electron chi connectivity index (χ3n) is 3.93. The van der Waals surface area contributed by atoms with E-state index in [2.05, 4.69) is 40.2 Å². The molecular formula is C15H23N5. The van der Waals surface area contributed by atoms with Crippen LogP contribution in [0.4, 0.5) is 5.95 Å². The van der Waals surface area contributed by atoms with Crippen LogP contribution in [0.3, 0.4) is 0 Å². The van der Waals surface area contributed by atoms with Gasteiger partial charge in [0.25, 0.3) is 0 Å². The number of likely N-dealkylation sites (tertiary alicyclic amines) is 1. The van der Waals surface area contributed by atoms with Crippen molar-refractivity contribution in [3.63, 3.8) is 0 Å². The Morgan fingerprint density at radius 2 is 2.15 bits per heavy atom. The number of rotatable bonds is 5. The molecule has 0 spiro atoms. The van der Waals surface area contributed by atoms with Crippen LogP contribution < -0.4 is 5.32 Å². The minimum absolute atomic E-state index is 0.612. The fourth-order valence-corrected chi connectivity index (χ4v) is 2.85. The maximum atomic E-state index is 4.54. The molecule has 3 rings (SSSR count). The summed E-state index contributed by atoms with van der Waals surface area (Å²) in [6, 6.07) is 4.06. The molecule has 1 atom stereocenters. The summed E-state index contributed by atoms with van der Waals surface area (Å²) in [4.78, 5) is 7.09. The Morgan fingerprint density at radius 3 is 2.90 bits per heavy atom. The summed E-state index contributed by atoms with van der Waals surface area (Å²) >= 11 is 0. The predicted octanol–water partition coefficient (Wildman–Crippen LogP) is 2.18. The lowest BCUT2D eigenvalue weighted by atomic mass is 10.1. The van der Waals surface area contributed by atoms with Crippen LogP contribution >= 0.6 is 0 Å². The van der Waals surface area contributed by atoms with E-state index in [1.54, 1.807) is 0 Å². The van der Waals surface area contributed by atoms with Crippen LogP contribution in [0.15, 0.2) is 18.3 Å². The Bertz CT molecular complexity index is 571. The second-order valence-electron chi connectivity index (χ2n) is 5.89. The van der Waals surface area contributed by atoms with Crippen LogP contribution in [0.1, 0.15) is 25.3 Å². The van der Waals surface area contributed by atoms with E-state index in [0.29, 0.717) is 5.92 Å². The average Bonchev–Trinajstić information content (AvgIpc) is 3.06. The van der Waals surface area contributed by atoms with E-state index in [1.165, 1.54) is 32.5 Å². The Kier molecular flexibility index (Phi) is 3.87. The van der Waals surface area contributed by atoms with Crippen molar-refractivity contribution in [2.24, 2.45) is 5.92 Å². The first-order valence-corrected chi connectivity index (χ1v) is 7.50. The zero-order chi connectivity index (χ0) is 13.9. The lowest BCUT2D eigenvalue weighted by molar-refractivity contribution is 0.294. The summed E-state index contributed by atoms with van der Waals surface area (Å²) in [6.45, 7) is 8.95. The average molecular weight is 273 g/mol. The van der Waals surface area contributed by atoms with Crippen molar-refractivity contribution in [1.82, 2.24) is 19.5 Å². The van der Waals surface area contributed by atoms with Crippen molar-refractivity contribution in [3.05, 3.63) is 23.9 Å². The molecule has 5 heteroatoms. The number of anilines is 1. The maximum Gasteiger partial charge on any atom is 0.243 e. The molecule has 2 aromatic rings. The zero-order valence-electron chi connectivity index (χ0n) is 12.3. The van der Waals surface area contributed by atoms with E-state index in [9.17, 15) is 0 Å². The van der Waals surface area contributed by atoms with Crippen molar-refractivity contribution in [2.45, 2.75) is 26.7 Å². The quantitative estimate of drug-likeness (QED) is 0.907. The molecule has 0 aliphatic carbocycles. The largest absolute Gasteiger partial charge is 0.353 e. The molecule has 3 heterocycles. The minimum Gasteiger partial charge on any atom is -0.353 e. The smallest absolute Gasteiger partial charge is 0.243 e. The first kappa shape index (κ1) is 13.4.